The van der Waals surface area contributed by atoms with E-state index in [4.69, 9.17) is 46.4 Å². The Morgan fingerprint density at radius 1 is 0.500 bits per heavy atom. The SMILES string of the molecule is Cc1ccc(S(=O)(=O)N2N=C(c3ccc(Cl)c(Cl)c3)N(S(=O)(=O)c3ccc(C)cc3)N=C2c2ccc(Cl)c(Cl)c2)cc1. The lowest BCUT2D eigenvalue weighted by Crippen LogP contribution is -2.45. The standard InChI is InChI=1S/C28H20Cl4N4O4S2/c1-17-3-9-21(10-4-17)41(37,38)35-27(19-7-13-23(29)25(31)15-19)34-36(42(39,40)22-11-5-18(2)6-12-22)28(33-35)20-8-14-24(30)26(32)16-20/h3-16H,1-2H3. The molecular formula is C28H20Cl4N4O4S2. The normalized spacial score (nSPS) is 14.0. The van der Waals surface area contributed by atoms with Gasteiger partial charge < -0.3 is 0 Å². The van der Waals surface area contributed by atoms with E-state index in [-0.39, 0.29) is 52.7 Å². The molecule has 14 heteroatoms. The van der Waals surface area contributed by atoms with Gasteiger partial charge in [-0.05, 0) is 74.5 Å². The minimum Gasteiger partial charge on any atom is -0.199 e. The molecule has 0 aromatic heterocycles. The van der Waals surface area contributed by atoms with Gasteiger partial charge in [0.15, 0.2) is 11.7 Å². The molecular weight excluding hydrogens is 662 g/mol. The van der Waals surface area contributed by atoms with Gasteiger partial charge in [0.2, 0.25) is 0 Å². The fourth-order valence-corrected chi connectivity index (χ4v) is 6.97. The number of amidine groups is 2. The maximum absolute atomic E-state index is 14.1. The van der Waals surface area contributed by atoms with Gasteiger partial charge >= 0.3 is 0 Å². The summed E-state index contributed by atoms with van der Waals surface area (Å²) in [5.74, 6) is -0.678. The number of hydrogen-bond donors (Lipinski definition) is 0. The van der Waals surface area contributed by atoms with Crippen LogP contribution in [0.15, 0.2) is 105 Å². The third-order valence-electron chi connectivity index (χ3n) is 6.18. The third-order valence-corrected chi connectivity index (χ3v) is 10.8. The van der Waals surface area contributed by atoms with Crippen molar-refractivity contribution in [1.82, 2.24) is 8.83 Å². The second-order valence-electron chi connectivity index (χ2n) is 9.23. The lowest BCUT2D eigenvalue weighted by Gasteiger charge is -2.31. The van der Waals surface area contributed by atoms with Crippen molar-refractivity contribution in [2.75, 3.05) is 0 Å². The van der Waals surface area contributed by atoms with E-state index in [2.05, 4.69) is 10.2 Å². The van der Waals surface area contributed by atoms with Crippen molar-refractivity contribution < 1.29 is 16.8 Å². The van der Waals surface area contributed by atoms with Gasteiger partial charge in [0.05, 0.1) is 29.9 Å². The first kappa shape index (κ1) is 30.3. The minimum absolute atomic E-state index is 0.0942. The van der Waals surface area contributed by atoms with Crippen molar-refractivity contribution in [2.45, 2.75) is 23.6 Å². The van der Waals surface area contributed by atoms with Crippen molar-refractivity contribution in [1.29, 1.82) is 0 Å². The molecule has 0 bridgehead atoms. The molecule has 0 saturated heterocycles. The zero-order valence-electron chi connectivity index (χ0n) is 21.8. The Morgan fingerprint density at radius 2 is 0.833 bits per heavy atom. The Hall–Kier alpha value is -3.12. The van der Waals surface area contributed by atoms with Crippen molar-refractivity contribution in [3.8, 4) is 0 Å². The van der Waals surface area contributed by atoms with E-state index < -0.39 is 20.0 Å². The second-order valence-corrected chi connectivity index (χ2v) is 14.4. The molecule has 1 heterocycles. The summed E-state index contributed by atoms with van der Waals surface area (Å²) in [5.41, 5.74) is 1.95. The average molecular weight is 682 g/mol. The lowest BCUT2D eigenvalue weighted by molar-refractivity contribution is 0.488. The first-order chi connectivity index (χ1) is 19.8. The predicted octanol–water partition coefficient (Wildman–Crippen LogP) is 7.34. The average Bonchev–Trinajstić information content (AvgIpc) is 2.96. The minimum atomic E-state index is -4.44. The molecule has 4 aromatic rings. The number of benzene rings is 4. The first-order valence-electron chi connectivity index (χ1n) is 12.1. The van der Waals surface area contributed by atoms with E-state index >= 15 is 0 Å². The van der Waals surface area contributed by atoms with E-state index in [9.17, 15) is 16.8 Å². The number of hydrogen-bond acceptors (Lipinski definition) is 6. The first-order valence-corrected chi connectivity index (χ1v) is 16.5. The molecule has 0 N–H and O–H groups in total. The molecule has 4 aromatic carbocycles. The molecule has 0 unspecified atom stereocenters. The van der Waals surface area contributed by atoms with E-state index in [1.165, 1.54) is 60.7 Å². The van der Waals surface area contributed by atoms with Crippen molar-refractivity contribution in [2.24, 2.45) is 10.2 Å². The van der Waals surface area contributed by atoms with Crippen LogP contribution < -0.4 is 0 Å². The highest BCUT2D eigenvalue weighted by atomic mass is 35.5. The smallest absolute Gasteiger partial charge is 0.199 e. The van der Waals surface area contributed by atoms with Gasteiger partial charge in [0.1, 0.15) is 0 Å². The van der Waals surface area contributed by atoms with Crippen LogP contribution in [0.3, 0.4) is 0 Å². The maximum Gasteiger partial charge on any atom is 0.285 e. The molecule has 8 nitrogen and oxygen atoms in total. The Balaban J connectivity index is 1.81. The van der Waals surface area contributed by atoms with Gasteiger partial charge in [-0.25, -0.2) is 0 Å². The number of halogens is 4. The van der Waals surface area contributed by atoms with Crippen LogP contribution in [0.25, 0.3) is 0 Å². The summed E-state index contributed by atoms with van der Waals surface area (Å²) in [5, 5.41) is 9.38. The Morgan fingerprint density at radius 3 is 1.14 bits per heavy atom. The molecule has 0 radical (unpaired) electrons. The highest BCUT2D eigenvalue weighted by Crippen LogP contribution is 2.32. The van der Waals surface area contributed by atoms with E-state index in [0.29, 0.717) is 8.83 Å². The van der Waals surface area contributed by atoms with Gasteiger partial charge in [-0.3, -0.25) is 0 Å². The predicted molar refractivity (Wildman–Crippen MR) is 166 cm³/mol. The Bertz CT molecular complexity index is 1840. The quantitative estimate of drug-likeness (QED) is 0.213. The number of nitrogens with zero attached hydrogens (tertiary/aromatic N) is 4. The van der Waals surface area contributed by atoms with Crippen molar-refractivity contribution in [3.63, 3.8) is 0 Å². The van der Waals surface area contributed by atoms with Crippen LogP contribution in [0.1, 0.15) is 22.3 Å². The van der Waals surface area contributed by atoms with Crippen LogP contribution in [-0.2, 0) is 20.0 Å². The molecule has 216 valence electrons. The van der Waals surface area contributed by atoms with Crippen molar-refractivity contribution >= 4 is 78.1 Å². The highest BCUT2D eigenvalue weighted by Gasteiger charge is 2.39. The molecule has 1 aliphatic heterocycles. The molecule has 0 spiro atoms. The molecule has 0 saturated carbocycles. The summed E-state index contributed by atoms with van der Waals surface area (Å²) in [4.78, 5) is -0.208. The summed E-state index contributed by atoms with van der Waals surface area (Å²) >= 11 is 24.8. The van der Waals surface area contributed by atoms with Gasteiger partial charge in [-0.2, -0.15) is 16.8 Å². The van der Waals surface area contributed by atoms with E-state index in [0.717, 1.165) is 11.1 Å². The van der Waals surface area contributed by atoms with Crippen LogP contribution in [0.5, 0.6) is 0 Å². The second kappa shape index (κ2) is 11.5. The van der Waals surface area contributed by atoms with Gasteiger partial charge in [0.25, 0.3) is 20.0 Å². The fraction of sp³-hybridized carbons (Fsp3) is 0.0714. The third kappa shape index (κ3) is 5.75. The van der Waals surface area contributed by atoms with Crippen LogP contribution in [0.4, 0.5) is 0 Å². The van der Waals surface area contributed by atoms with Gasteiger partial charge in [0, 0.05) is 11.1 Å². The Kier molecular flexibility index (Phi) is 8.32. The topological polar surface area (TPSA) is 99.5 Å². The number of aryl methyl sites for hydroxylation is 2. The summed E-state index contributed by atoms with van der Waals surface area (Å²) in [6.45, 7) is 3.63. The summed E-state index contributed by atoms with van der Waals surface area (Å²) in [7, 11) is -8.88. The summed E-state index contributed by atoms with van der Waals surface area (Å²) in [6.07, 6.45) is 0. The lowest BCUT2D eigenvalue weighted by atomic mass is 10.2. The zero-order valence-corrected chi connectivity index (χ0v) is 26.5. The van der Waals surface area contributed by atoms with Crippen LogP contribution in [-0.4, -0.2) is 37.3 Å². The van der Waals surface area contributed by atoms with Crippen LogP contribution in [0.2, 0.25) is 20.1 Å². The maximum atomic E-state index is 14.1. The van der Waals surface area contributed by atoms with Crippen molar-refractivity contribution in [3.05, 3.63) is 127 Å². The van der Waals surface area contributed by atoms with Crippen LogP contribution >= 0.6 is 46.4 Å². The highest BCUT2D eigenvalue weighted by molar-refractivity contribution is 7.90. The molecule has 0 atom stereocenters. The summed E-state index contributed by atoms with van der Waals surface area (Å²) < 4.78 is 57.6. The van der Waals surface area contributed by atoms with E-state index in [1.54, 1.807) is 24.3 Å². The Labute approximate surface area is 263 Å². The molecule has 42 heavy (non-hydrogen) atoms. The molecule has 0 fully saturated rings. The molecule has 0 amide bonds. The zero-order chi connectivity index (χ0) is 30.4. The molecule has 5 rings (SSSR count). The summed E-state index contributed by atoms with van der Waals surface area (Å²) in [6, 6.07) is 20.7. The number of rotatable bonds is 6. The van der Waals surface area contributed by atoms with E-state index in [1.807, 2.05) is 13.8 Å². The van der Waals surface area contributed by atoms with Gasteiger partial charge in [-0.15, -0.1) is 19.0 Å². The molecule has 1 aliphatic rings. The number of hydrazone groups is 2. The molecule has 0 aliphatic carbocycles. The van der Waals surface area contributed by atoms with Crippen LogP contribution in [0, 0.1) is 13.8 Å². The monoisotopic (exact) mass is 680 g/mol. The largest absolute Gasteiger partial charge is 0.285 e. The number of sulfonamides is 2. The fourth-order valence-electron chi connectivity index (χ4n) is 3.91. The van der Waals surface area contributed by atoms with Gasteiger partial charge in [-0.1, -0.05) is 81.8 Å².